The van der Waals surface area contributed by atoms with E-state index < -0.39 is 21.3 Å². The Balaban J connectivity index is 1.36. The van der Waals surface area contributed by atoms with Crippen LogP contribution in [0.4, 0.5) is 5.69 Å². The molecule has 5 rings (SSSR count). The molecule has 0 aliphatic heterocycles. The van der Waals surface area contributed by atoms with Crippen molar-refractivity contribution in [3.8, 4) is 11.5 Å². The van der Waals surface area contributed by atoms with Crippen molar-refractivity contribution in [2.75, 3.05) is 11.3 Å². The first kappa shape index (κ1) is 30.2. The molecule has 0 aliphatic carbocycles. The monoisotopic (exact) mass is 630 g/mol. The molecule has 218 valence electrons. The Morgan fingerprint density at radius 1 is 0.767 bits per heavy atom. The number of hydrogen-bond donors (Lipinski definition) is 2. The topological polar surface area (TPSA) is 84.5 Å². The Morgan fingerprint density at radius 3 is 1.95 bits per heavy atom. The first-order valence-electron chi connectivity index (χ1n) is 13.4. The number of benzene rings is 5. The first-order chi connectivity index (χ1) is 20.7. The van der Waals surface area contributed by atoms with Crippen molar-refractivity contribution in [1.29, 1.82) is 0 Å². The molecule has 0 saturated heterocycles. The second-order valence-corrected chi connectivity index (χ2v) is 12.6. The molecule has 0 atom stereocenters. The summed E-state index contributed by atoms with van der Waals surface area (Å²) in [5, 5.41) is 3.73. The number of ether oxygens (including phenoxy) is 1. The van der Waals surface area contributed by atoms with E-state index in [1.54, 1.807) is 24.3 Å². The van der Waals surface area contributed by atoms with Gasteiger partial charge in [0.05, 0.1) is 21.2 Å². The number of sulfonamides is 1. The highest BCUT2D eigenvalue weighted by Gasteiger charge is 2.30. The number of para-hydroxylation sites is 1. The van der Waals surface area contributed by atoms with Gasteiger partial charge >= 0.3 is 0 Å². The minimum atomic E-state index is -4.06. The van der Waals surface area contributed by atoms with E-state index in [2.05, 4.69) is 17.0 Å². The number of amides is 1. The van der Waals surface area contributed by atoms with Crippen LogP contribution < -0.4 is 14.8 Å². The van der Waals surface area contributed by atoms with Crippen LogP contribution in [-0.2, 0) is 15.4 Å². The molecule has 1 amide bonds. The van der Waals surface area contributed by atoms with Gasteiger partial charge in [0.25, 0.3) is 15.9 Å². The average molecular weight is 632 g/mol. The number of hydrogen-bond acceptors (Lipinski definition) is 4. The molecule has 0 spiro atoms. The van der Waals surface area contributed by atoms with Gasteiger partial charge in [0.2, 0.25) is 0 Å². The maximum atomic E-state index is 13.6. The summed E-state index contributed by atoms with van der Waals surface area (Å²) in [6.07, 6.45) is 0. The van der Waals surface area contributed by atoms with E-state index in [9.17, 15) is 13.2 Å². The van der Waals surface area contributed by atoms with Crippen LogP contribution in [0, 0.1) is 0 Å². The zero-order valence-electron chi connectivity index (χ0n) is 23.1. The normalized spacial score (nSPS) is 11.5. The summed E-state index contributed by atoms with van der Waals surface area (Å²) < 4.78 is 35.0. The van der Waals surface area contributed by atoms with Gasteiger partial charge in [-0.05, 0) is 72.6 Å². The summed E-state index contributed by atoms with van der Waals surface area (Å²) in [6, 6.07) is 37.1. The Bertz CT molecular complexity index is 1790. The SMILES string of the molecule is CC(CNC(=O)c1cc(Cl)ccc1NS(=O)(=O)c1ccc(Oc2ccccc2Cl)cc1)(c1ccccc1)c1ccccc1. The molecule has 0 fully saturated rings. The molecule has 5 aromatic rings. The Morgan fingerprint density at radius 2 is 1.35 bits per heavy atom. The largest absolute Gasteiger partial charge is 0.456 e. The summed E-state index contributed by atoms with van der Waals surface area (Å²) >= 11 is 12.4. The fourth-order valence-electron chi connectivity index (χ4n) is 4.67. The van der Waals surface area contributed by atoms with Gasteiger partial charge in [-0.1, -0.05) is 96.0 Å². The number of rotatable bonds is 10. The third-order valence-corrected chi connectivity index (χ3v) is 9.02. The molecule has 5 aromatic carbocycles. The van der Waals surface area contributed by atoms with Gasteiger partial charge in [-0.3, -0.25) is 9.52 Å². The van der Waals surface area contributed by atoms with Crippen LogP contribution in [0.25, 0.3) is 0 Å². The lowest BCUT2D eigenvalue weighted by Crippen LogP contribution is -2.39. The third kappa shape index (κ3) is 7.03. The van der Waals surface area contributed by atoms with Crippen molar-refractivity contribution in [3.05, 3.63) is 154 Å². The molecular weight excluding hydrogens is 603 g/mol. The quantitative estimate of drug-likeness (QED) is 0.162. The molecule has 2 N–H and O–H groups in total. The van der Waals surface area contributed by atoms with Crippen molar-refractivity contribution in [1.82, 2.24) is 5.32 Å². The molecular formula is C34H28Cl2N2O4S. The second kappa shape index (κ2) is 12.9. The smallest absolute Gasteiger partial charge is 0.261 e. The second-order valence-electron chi connectivity index (χ2n) is 10.0. The number of carbonyl (C=O) groups is 1. The minimum Gasteiger partial charge on any atom is -0.456 e. The Hall–Kier alpha value is -4.30. The zero-order chi connectivity index (χ0) is 30.5. The fourth-order valence-corrected chi connectivity index (χ4v) is 6.10. The molecule has 0 radical (unpaired) electrons. The van der Waals surface area contributed by atoms with E-state index in [1.165, 1.54) is 42.5 Å². The van der Waals surface area contributed by atoms with Crippen LogP contribution in [0.2, 0.25) is 10.0 Å². The summed E-state index contributed by atoms with van der Waals surface area (Å²) in [7, 11) is -4.06. The van der Waals surface area contributed by atoms with Gasteiger partial charge in [-0.25, -0.2) is 8.42 Å². The summed E-state index contributed by atoms with van der Waals surface area (Å²) in [4.78, 5) is 13.6. The molecule has 6 nitrogen and oxygen atoms in total. The van der Waals surface area contributed by atoms with Gasteiger partial charge in [0.15, 0.2) is 0 Å². The zero-order valence-corrected chi connectivity index (χ0v) is 25.5. The lowest BCUT2D eigenvalue weighted by Gasteiger charge is -2.31. The Kier molecular flexibility index (Phi) is 9.06. The van der Waals surface area contributed by atoms with Crippen LogP contribution in [0.3, 0.4) is 0 Å². The standard InChI is InChI=1S/C34H28Cl2N2O4S/c1-34(24-10-4-2-5-11-24,25-12-6-3-7-13-25)23-37-33(39)29-22-26(35)16-21-31(29)38-43(40,41)28-19-17-27(18-20-28)42-32-15-9-8-14-30(32)36/h2-22,38H,23H2,1H3,(H,37,39). The lowest BCUT2D eigenvalue weighted by molar-refractivity contribution is 0.0948. The maximum Gasteiger partial charge on any atom is 0.261 e. The maximum absolute atomic E-state index is 13.6. The van der Waals surface area contributed by atoms with E-state index in [0.717, 1.165) is 11.1 Å². The molecule has 0 aliphatic rings. The summed E-state index contributed by atoms with van der Waals surface area (Å²) in [5.74, 6) is 0.394. The van der Waals surface area contributed by atoms with Crippen molar-refractivity contribution in [3.63, 3.8) is 0 Å². The lowest BCUT2D eigenvalue weighted by atomic mass is 9.76. The number of carbonyl (C=O) groups excluding carboxylic acids is 1. The Labute approximate surface area is 261 Å². The summed E-state index contributed by atoms with van der Waals surface area (Å²) in [5.41, 5.74) is 1.69. The molecule has 0 saturated carbocycles. The highest BCUT2D eigenvalue weighted by Crippen LogP contribution is 2.33. The molecule has 0 unspecified atom stereocenters. The van der Waals surface area contributed by atoms with Crippen LogP contribution in [-0.4, -0.2) is 20.9 Å². The first-order valence-corrected chi connectivity index (χ1v) is 15.6. The van der Waals surface area contributed by atoms with Crippen LogP contribution in [0.15, 0.2) is 132 Å². The van der Waals surface area contributed by atoms with Crippen molar-refractivity contribution in [2.45, 2.75) is 17.2 Å². The van der Waals surface area contributed by atoms with Crippen molar-refractivity contribution >= 4 is 44.8 Å². The number of nitrogens with one attached hydrogen (secondary N) is 2. The molecule has 9 heteroatoms. The van der Waals surface area contributed by atoms with Crippen LogP contribution in [0.5, 0.6) is 11.5 Å². The molecule has 43 heavy (non-hydrogen) atoms. The fraction of sp³-hybridized carbons (Fsp3) is 0.0882. The molecule has 0 bridgehead atoms. The highest BCUT2D eigenvalue weighted by molar-refractivity contribution is 7.92. The van der Waals surface area contributed by atoms with E-state index in [1.807, 2.05) is 60.7 Å². The van der Waals surface area contributed by atoms with E-state index in [0.29, 0.717) is 21.5 Å². The van der Waals surface area contributed by atoms with E-state index in [4.69, 9.17) is 27.9 Å². The van der Waals surface area contributed by atoms with Crippen molar-refractivity contribution in [2.24, 2.45) is 0 Å². The summed E-state index contributed by atoms with van der Waals surface area (Å²) in [6.45, 7) is 2.31. The van der Waals surface area contributed by atoms with Gasteiger partial charge in [0.1, 0.15) is 11.5 Å². The third-order valence-electron chi connectivity index (χ3n) is 7.09. The molecule has 0 aromatic heterocycles. The highest BCUT2D eigenvalue weighted by atomic mass is 35.5. The van der Waals surface area contributed by atoms with Gasteiger partial charge < -0.3 is 10.1 Å². The van der Waals surface area contributed by atoms with E-state index >= 15 is 0 Å². The van der Waals surface area contributed by atoms with E-state index in [-0.39, 0.29) is 22.7 Å². The number of anilines is 1. The number of halogens is 2. The minimum absolute atomic E-state index is 0.0129. The van der Waals surface area contributed by atoms with Crippen LogP contribution in [0.1, 0.15) is 28.4 Å². The average Bonchev–Trinajstić information content (AvgIpc) is 3.03. The predicted octanol–water partition coefficient (Wildman–Crippen LogP) is 8.32. The van der Waals surface area contributed by atoms with Crippen LogP contribution >= 0.6 is 23.2 Å². The van der Waals surface area contributed by atoms with Gasteiger partial charge in [0, 0.05) is 17.0 Å². The molecule has 0 heterocycles. The van der Waals surface area contributed by atoms with Crippen molar-refractivity contribution < 1.29 is 17.9 Å². The predicted molar refractivity (Wildman–Crippen MR) is 172 cm³/mol. The van der Waals surface area contributed by atoms with Gasteiger partial charge in [-0.15, -0.1) is 0 Å². The van der Waals surface area contributed by atoms with Gasteiger partial charge in [-0.2, -0.15) is 0 Å².